The van der Waals surface area contributed by atoms with E-state index in [2.05, 4.69) is 26.8 Å². The van der Waals surface area contributed by atoms with Crippen LogP contribution in [0.15, 0.2) is 42.6 Å². The summed E-state index contributed by atoms with van der Waals surface area (Å²) in [6.45, 7) is 9.23. The highest BCUT2D eigenvalue weighted by Crippen LogP contribution is 2.22. The minimum atomic E-state index is -0.758. The van der Waals surface area contributed by atoms with E-state index < -0.39 is 5.97 Å². The van der Waals surface area contributed by atoms with Gasteiger partial charge in [-0.25, -0.2) is 4.98 Å². The number of pyridine rings is 1. The fourth-order valence-electron chi connectivity index (χ4n) is 4.35. The van der Waals surface area contributed by atoms with Gasteiger partial charge in [-0.2, -0.15) is 0 Å². The summed E-state index contributed by atoms with van der Waals surface area (Å²) in [6.07, 6.45) is 5.41. The molecule has 3 heterocycles. The number of carboxylic acid groups (broad SMARTS) is 1. The molecule has 0 saturated carbocycles. The standard InChI is InChI=1S/C24H32N4O2/c29-24(30)10-5-20-3-6-21(7-4-20)22-8-9-23(25-19-22)28-17-15-27(16-18-28)14-13-26-11-1-2-12-26/h3-4,6-9,19H,1-2,5,10-18H2,(H,29,30). The molecule has 4 rings (SSSR count). The van der Waals surface area contributed by atoms with Crippen molar-refractivity contribution in [2.75, 3.05) is 57.3 Å². The molecule has 0 bridgehead atoms. The van der Waals surface area contributed by atoms with Gasteiger partial charge < -0.3 is 14.9 Å². The summed E-state index contributed by atoms with van der Waals surface area (Å²) in [5.74, 6) is 0.294. The number of likely N-dealkylation sites (tertiary alicyclic amines) is 1. The van der Waals surface area contributed by atoms with E-state index in [1.807, 2.05) is 30.5 Å². The minimum absolute atomic E-state index is 0.168. The van der Waals surface area contributed by atoms with Crippen LogP contribution in [-0.4, -0.2) is 78.2 Å². The number of aromatic nitrogens is 1. The number of piperazine rings is 1. The van der Waals surface area contributed by atoms with E-state index in [1.54, 1.807) is 0 Å². The summed E-state index contributed by atoms with van der Waals surface area (Å²) in [4.78, 5) is 23.0. The van der Waals surface area contributed by atoms with Crippen molar-refractivity contribution in [3.05, 3.63) is 48.2 Å². The van der Waals surface area contributed by atoms with Gasteiger partial charge in [0.1, 0.15) is 5.82 Å². The average molecular weight is 409 g/mol. The molecule has 6 heteroatoms. The molecule has 160 valence electrons. The molecule has 0 spiro atoms. The zero-order valence-electron chi connectivity index (χ0n) is 17.7. The molecule has 1 aromatic heterocycles. The summed E-state index contributed by atoms with van der Waals surface area (Å²) in [5, 5.41) is 8.81. The summed E-state index contributed by atoms with van der Waals surface area (Å²) in [5.41, 5.74) is 3.25. The molecule has 1 aromatic carbocycles. The lowest BCUT2D eigenvalue weighted by atomic mass is 10.0. The van der Waals surface area contributed by atoms with Crippen molar-refractivity contribution in [1.29, 1.82) is 0 Å². The van der Waals surface area contributed by atoms with Crippen LogP contribution in [0.2, 0.25) is 0 Å². The van der Waals surface area contributed by atoms with Crippen LogP contribution in [0, 0.1) is 0 Å². The van der Waals surface area contributed by atoms with E-state index >= 15 is 0 Å². The number of aryl methyl sites for hydroxylation is 1. The Kier molecular flexibility index (Phi) is 6.97. The number of hydrogen-bond acceptors (Lipinski definition) is 5. The van der Waals surface area contributed by atoms with Crippen LogP contribution in [0.4, 0.5) is 5.82 Å². The summed E-state index contributed by atoms with van der Waals surface area (Å²) in [6, 6.07) is 12.4. The first-order valence-electron chi connectivity index (χ1n) is 11.1. The third-order valence-corrected chi connectivity index (χ3v) is 6.29. The number of benzene rings is 1. The van der Waals surface area contributed by atoms with E-state index in [0.717, 1.165) is 48.7 Å². The van der Waals surface area contributed by atoms with Crippen molar-refractivity contribution in [3.8, 4) is 11.1 Å². The molecule has 2 aliphatic heterocycles. The third-order valence-electron chi connectivity index (χ3n) is 6.29. The Labute approximate surface area is 179 Å². The Morgan fingerprint density at radius 3 is 2.07 bits per heavy atom. The molecule has 0 aliphatic carbocycles. The molecule has 0 radical (unpaired) electrons. The number of rotatable bonds is 8. The van der Waals surface area contributed by atoms with Gasteiger partial charge in [-0.1, -0.05) is 24.3 Å². The molecule has 2 aromatic rings. The molecular weight excluding hydrogens is 376 g/mol. The van der Waals surface area contributed by atoms with Crippen LogP contribution >= 0.6 is 0 Å². The Balaban J connectivity index is 1.27. The lowest BCUT2D eigenvalue weighted by Crippen LogP contribution is -2.48. The number of carbonyl (C=O) groups is 1. The smallest absolute Gasteiger partial charge is 0.303 e. The van der Waals surface area contributed by atoms with Gasteiger partial charge >= 0.3 is 5.97 Å². The Bertz CT molecular complexity index is 808. The second-order valence-corrected chi connectivity index (χ2v) is 8.37. The fraction of sp³-hybridized carbons (Fsp3) is 0.500. The van der Waals surface area contributed by atoms with Crippen molar-refractivity contribution in [1.82, 2.24) is 14.8 Å². The number of nitrogens with zero attached hydrogens (tertiary/aromatic N) is 4. The zero-order chi connectivity index (χ0) is 20.8. The zero-order valence-corrected chi connectivity index (χ0v) is 17.7. The van der Waals surface area contributed by atoms with Crippen LogP contribution in [0.25, 0.3) is 11.1 Å². The first-order valence-corrected chi connectivity index (χ1v) is 11.1. The highest BCUT2D eigenvalue weighted by Gasteiger charge is 2.19. The normalized spacial score (nSPS) is 18.1. The first-order chi connectivity index (χ1) is 14.7. The van der Waals surface area contributed by atoms with Gasteiger partial charge in [0.05, 0.1) is 0 Å². The van der Waals surface area contributed by atoms with Gasteiger partial charge in [0.15, 0.2) is 0 Å². The molecule has 6 nitrogen and oxygen atoms in total. The highest BCUT2D eigenvalue weighted by atomic mass is 16.4. The van der Waals surface area contributed by atoms with Crippen LogP contribution < -0.4 is 4.90 Å². The topological polar surface area (TPSA) is 59.9 Å². The highest BCUT2D eigenvalue weighted by molar-refractivity contribution is 5.67. The minimum Gasteiger partial charge on any atom is -0.481 e. The molecule has 1 N–H and O–H groups in total. The molecule has 0 unspecified atom stereocenters. The first kappa shape index (κ1) is 20.8. The molecule has 2 aliphatic rings. The second-order valence-electron chi connectivity index (χ2n) is 8.37. The largest absolute Gasteiger partial charge is 0.481 e. The summed E-state index contributed by atoms with van der Waals surface area (Å²) >= 11 is 0. The van der Waals surface area contributed by atoms with Gasteiger partial charge in [-0.3, -0.25) is 9.69 Å². The number of aliphatic carboxylic acids is 1. The predicted octanol–water partition coefficient (Wildman–Crippen LogP) is 2.98. The average Bonchev–Trinajstić information content (AvgIpc) is 3.31. The van der Waals surface area contributed by atoms with Crippen molar-refractivity contribution in [3.63, 3.8) is 0 Å². The quantitative estimate of drug-likeness (QED) is 0.725. The van der Waals surface area contributed by atoms with E-state index in [9.17, 15) is 4.79 Å². The molecule has 2 saturated heterocycles. The third kappa shape index (κ3) is 5.58. The van der Waals surface area contributed by atoms with Crippen LogP contribution in [-0.2, 0) is 11.2 Å². The van der Waals surface area contributed by atoms with Gasteiger partial charge in [0, 0.05) is 57.4 Å². The van der Waals surface area contributed by atoms with Gasteiger partial charge in [0.2, 0.25) is 0 Å². The predicted molar refractivity (Wildman–Crippen MR) is 120 cm³/mol. The van der Waals surface area contributed by atoms with E-state index in [-0.39, 0.29) is 6.42 Å². The van der Waals surface area contributed by atoms with Crippen LogP contribution in [0.1, 0.15) is 24.8 Å². The molecular formula is C24H32N4O2. The maximum atomic E-state index is 10.7. The maximum Gasteiger partial charge on any atom is 0.303 e. The summed E-state index contributed by atoms with van der Waals surface area (Å²) < 4.78 is 0. The molecule has 0 amide bonds. The number of anilines is 1. The molecule has 30 heavy (non-hydrogen) atoms. The van der Waals surface area contributed by atoms with E-state index in [1.165, 1.54) is 39.0 Å². The van der Waals surface area contributed by atoms with Gasteiger partial charge in [-0.15, -0.1) is 0 Å². The van der Waals surface area contributed by atoms with Crippen molar-refractivity contribution >= 4 is 11.8 Å². The monoisotopic (exact) mass is 408 g/mol. The van der Waals surface area contributed by atoms with Crippen molar-refractivity contribution < 1.29 is 9.90 Å². The number of carboxylic acids is 1. The summed E-state index contributed by atoms with van der Waals surface area (Å²) in [7, 11) is 0. The Hall–Kier alpha value is -2.44. The number of hydrogen-bond donors (Lipinski definition) is 1. The van der Waals surface area contributed by atoms with Gasteiger partial charge in [-0.05, 0) is 55.6 Å². The SMILES string of the molecule is O=C(O)CCc1ccc(-c2ccc(N3CCN(CCN4CCCC4)CC3)nc2)cc1. The molecule has 0 atom stereocenters. The lowest BCUT2D eigenvalue weighted by molar-refractivity contribution is -0.136. The van der Waals surface area contributed by atoms with Gasteiger partial charge in [0.25, 0.3) is 0 Å². The van der Waals surface area contributed by atoms with Crippen molar-refractivity contribution in [2.24, 2.45) is 0 Å². The fourth-order valence-corrected chi connectivity index (χ4v) is 4.35. The molecule has 2 fully saturated rings. The van der Waals surface area contributed by atoms with Crippen molar-refractivity contribution in [2.45, 2.75) is 25.7 Å². The Morgan fingerprint density at radius 2 is 1.47 bits per heavy atom. The van der Waals surface area contributed by atoms with Crippen LogP contribution in [0.5, 0.6) is 0 Å². The lowest BCUT2D eigenvalue weighted by Gasteiger charge is -2.36. The van der Waals surface area contributed by atoms with E-state index in [4.69, 9.17) is 10.1 Å². The van der Waals surface area contributed by atoms with Crippen LogP contribution in [0.3, 0.4) is 0 Å². The maximum absolute atomic E-state index is 10.7. The second kappa shape index (κ2) is 10.0. The Morgan fingerprint density at radius 1 is 0.833 bits per heavy atom. The van der Waals surface area contributed by atoms with E-state index in [0.29, 0.717) is 6.42 Å².